The number of nitrogens with zero attached hydrogens (tertiary/aromatic N) is 2. The van der Waals surface area contributed by atoms with Gasteiger partial charge in [-0.05, 0) is 23.1 Å². The smallest absolute Gasteiger partial charge is 0.258 e. The minimum atomic E-state index is -0.329. The Morgan fingerprint density at radius 2 is 1.71 bits per heavy atom. The molecule has 3 heteroatoms. The lowest BCUT2D eigenvalue weighted by molar-refractivity contribution is 0.629. The SMILES string of the molecule is N#CC(Cn1ccc2ccccc2c1=O)c1ccccc1. The van der Waals surface area contributed by atoms with Crippen LogP contribution < -0.4 is 5.56 Å². The molecular weight excluding hydrogens is 260 g/mol. The zero-order chi connectivity index (χ0) is 14.7. The van der Waals surface area contributed by atoms with E-state index in [0.717, 1.165) is 10.9 Å². The first-order valence-corrected chi connectivity index (χ1v) is 6.82. The van der Waals surface area contributed by atoms with E-state index in [0.29, 0.717) is 11.9 Å². The van der Waals surface area contributed by atoms with E-state index in [2.05, 4.69) is 6.07 Å². The van der Waals surface area contributed by atoms with Crippen LogP contribution in [0.3, 0.4) is 0 Å². The molecule has 102 valence electrons. The molecule has 1 unspecified atom stereocenters. The van der Waals surface area contributed by atoms with Crippen LogP contribution in [0.4, 0.5) is 0 Å². The molecule has 0 spiro atoms. The molecule has 1 heterocycles. The Hall–Kier alpha value is -2.86. The first kappa shape index (κ1) is 13.1. The molecule has 0 aliphatic carbocycles. The maximum atomic E-state index is 12.5. The van der Waals surface area contributed by atoms with E-state index in [1.165, 1.54) is 0 Å². The van der Waals surface area contributed by atoms with Crippen molar-refractivity contribution in [2.45, 2.75) is 12.5 Å². The molecule has 3 nitrogen and oxygen atoms in total. The monoisotopic (exact) mass is 274 g/mol. The molecule has 0 radical (unpaired) electrons. The van der Waals surface area contributed by atoms with Crippen molar-refractivity contribution in [3.05, 3.63) is 82.8 Å². The van der Waals surface area contributed by atoms with Crippen LogP contribution in [-0.2, 0) is 6.54 Å². The summed E-state index contributed by atoms with van der Waals surface area (Å²) >= 11 is 0. The fraction of sp³-hybridized carbons (Fsp3) is 0.111. The Balaban J connectivity index is 2.00. The lowest BCUT2D eigenvalue weighted by atomic mass is 10.0. The van der Waals surface area contributed by atoms with Gasteiger partial charge in [0.25, 0.3) is 5.56 Å². The van der Waals surface area contributed by atoms with Crippen molar-refractivity contribution in [2.75, 3.05) is 0 Å². The van der Waals surface area contributed by atoms with Crippen LogP contribution >= 0.6 is 0 Å². The largest absolute Gasteiger partial charge is 0.313 e. The average molecular weight is 274 g/mol. The summed E-state index contributed by atoms with van der Waals surface area (Å²) in [6.07, 6.45) is 1.76. The van der Waals surface area contributed by atoms with Gasteiger partial charge < -0.3 is 4.57 Å². The summed E-state index contributed by atoms with van der Waals surface area (Å²) in [7, 11) is 0. The van der Waals surface area contributed by atoms with Gasteiger partial charge in [0, 0.05) is 18.1 Å². The first-order valence-electron chi connectivity index (χ1n) is 6.82. The molecule has 0 bridgehead atoms. The van der Waals surface area contributed by atoms with Crippen LogP contribution in [0.25, 0.3) is 10.8 Å². The second-order valence-corrected chi connectivity index (χ2v) is 4.95. The fourth-order valence-corrected chi connectivity index (χ4v) is 2.48. The Kier molecular flexibility index (Phi) is 3.53. The van der Waals surface area contributed by atoms with E-state index in [1.807, 2.05) is 60.7 Å². The van der Waals surface area contributed by atoms with Gasteiger partial charge in [-0.15, -0.1) is 0 Å². The number of hydrogen-bond acceptors (Lipinski definition) is 2. The molecule has 1 aromatic heterocycles. The van der Waals surface area contributed by atoms with Crippen LogP contribution in [0.2, 0.25) is 0 Å². The number of fused-ring (bicyclic) bond motifs is 1. The summed E-state index contributed by atoms with van der Waals surface area (Å²) in [5, 5.41) is 11.0. The van der Waals surface area contributed by atoms with Crippen molar-refractivity contribution in [3.8, 4) is 6.07 Å². The van der Waals surface area contributed by atoms with Crippen molar-refractivity contribution in [1.29, 1.82) is 5.26 Å². The summed E-state index contributed by atoms with van der Waals surface area (Å²) in [5.41, 5.74) is 0.879. The molecule has 0 fully saturated rings. The van der Waals surface area contributed by atoms with E-state index in [9.17, 15) is 10.1 Å². The van der Waals surface area contributed by atoms with E-state index in [-0.39, 0.29) is 11.5 Å². The maximum absolute atomic E-state index is 12.5. The molecule has 21 heavy (non-hydrogen) atoms. The minimum absolute atomic E-state index is 0.0516. The minimum Gasteiger partial charge on any atom is -0.313 e. The maximum Gasteiger partial charge on any atom is 0.258 e. The zero-order valence-electron chi connectivity index (χ0n) is 11.4. The van der Waals surface area contributed by atoms with Crippen molar-refractivity contribution in [1.82, 2.24) is 4.57 Å². The Morgan fingerprint density at radius 3 is 2.48 bits per heavy atom. The van der Waals surface area contributed by atoms with Gasteiger partial charge in [0.2, 0.25) is 0 Å². The van der Waals surface area contributed by atoms with Gasteiger partial charge >= 0.3 is 0 Å². The third kappa shape index (κ3) is 2.56. The summed E-state index contributed by atoms with van der Waals surface area (Å²) in [4.78, 5) is 12.5. The second-order valence-electron chi connectivity index (χ2n) is 4.95. The predicted molar refractivity (Wildman–Crippen MR) is 83.0 cm³/mol. The molecular formula is C18H14N2O. The van der Waals surface area contributed by atoms with E-state index in [1.54, 1.807) is 10.8 Å². The first-order chi connectivity index (χ1) is 10.3. The average Bonchev–Trinajstić information content (AvgIpc) is 2.55. The van der Waals surface area contributed by atoms with Crippen LogP contribution in [0.5, 0.6) is 0 Å². The number of pyridine rings is 1. The van der Waals surface area contributed by atoms with Gasteiger partial charge in [0.1, 0.15) is 0 Å². The van der Waals surface area contributed by atoms with E-state index in [4.69, 9.17) is 0 Å². The number of rotatable bonds is 3. The molecule has 0 aliphatic rings. The molecule has 0 amide bonds. The number of aromatic nitrogens is 1. The Labute approximate surface area is 122 Å². The molecule has 3 aromatic rings. The van der Waals surface area contributed by atoms with Gasteiger partial charge in [-0.1, -0.05) is 48.5 Å². The zero-order valence-corrected chi connectivity index (χ0v) is 11.4. The molecule has 3 rings (SSSR count). The van der Waals surface area contributed by atoms with Gasteiger partial charge in [-0.2, -0.15) is 5.26 Å². The van der Waals surface area contributed by atoms with E-state index >= 15 is 0 Å². The summed E-state index contributed by atoms with van der Waals surface area (Å²) in [5.74, 6) is -0.329. The Bertz CT molecular complexity index is 860. The van der Waals surface area contributed by atoms with E-state index < -0.39 is 0 Å². The topological polar surface area (TPSA) is 45.8 Å². The van der Waals surface area contributed by atoms with Crippen LogP contribution in [0, 0.1) is 11.3 Å². The third-order valence-corrected chi connectivity index (χ3v) is 3.62. The number of hydrogen-bond donors (Lipinski definition) is 0. The van der Waals surface area contributed by atoms with Crippen LogP contribution in [0.15, 0.2) is 71.7 Å². The van der Waals surface area contributed by atoms with Gasteiger partial charge in [0.15, 0.2) is 0 Å². The highest BCUT2D eigenvalue weighted by Gasteiger charge is 2.12. The number of benzene rings is 2. The lowest BCUT2D eigenvalue weighted by Gasteiger charge is -2.12. The van der Waals surface area contributed by atoms with Crippen LogP contribution in [0.1, 0.15) is 11.5 Å². The second kappa shape index (κ2) is 5.64. The predicted octanol–water partition coefficient (Wildman–Crippen LogP) is 3.31. The van der Waals surface area contributed by atoms with Gasteiger partial charge in [-0.3, -0.25) is 4.79 Å². The van der Waals surface area contributed by atoms with Gasteiger partial charge in [0.05, 0.1) is 12.0 Å². The molecule has 0 saturated carbocycles. The highest BCUT2D eigenvalue weighted by molar-refractivity contribution is 5.81. The molecule has 2 aromatic carbocycles. The third-order valence-electron chi connectivity index (χ3n) is 3.62. The molecule has 0 saturated heterocycles. The standard InChI is InChI=1S/C18H14N2O/c19-12-16(14-6-2-1-3-7-14)13-20-11-10-15-8-4-5-9-17(15)18(20)21/h1-11,16H,13H2. The Morgan fingerprint density at radius 1 is 1.00 bits per heavy atom. The highest BCUT2D eigenvalue weighted by atomic mass is 16.1. The summed E-state index contributed by atoms with van der Waals surface area (Å²) in [6.45, 7) is 0.365. The molecule has 0 N–H and O–H groups in total. The molecule has 1 atom stereocenters. The summed E-state index contributed by atoms with van der Waals surface area (Å²) in [6, 6.07) is 21.3. The van der Waals surface area contributed by atoms with Crippen molar-refractivity contribution < 1.29 is 0 Å². The van der Waals surface area contributed by atoms with Gasteiger partial charge in [-0.25, -0.2) is 0 Å². The quantitative estimate of drug-likeness (QED) is 0.735. The fourth-order valence-electron chi connectivity index (χ4n) is 2.48. The highest BCUT2D eigenvalue weighted by Crippen LogP contribution is 2.17. The van der Waals surface area contributed by atoms with Crippen molar-refractivity contribution >= 4 is 10.8 Å². The lowest BCUT2D eigenvalue weighted by Crippen LogP contribution is -2.22. The normalized spacial score (nSPS) is 12.0. The number of nitriles is 1. The molecule has 0 aliphatic heterocycles. The summed E-state index contributed by atoms with van der Waals surface area (Å²) < 4.78 is 1.61. The van der Waals surface area contributed by atoms with Crippen molar-refractivity contribution in [2.24, 2.45) is 0 Å². The van der Waals surface area contributed by atoms with Crippen molar-refractivity contribution in [3.63, 3.8) is 0 Å². The van der Waals surface area contributed by atoms with Crippen LogP contribution in [-0.4, -0.2) is 4.57 Å².